The van der Waals surface area contributed by atoms with Crippen molar-refractivity contribution in [2.75, 3.05) is 0 Å². The van der Waals surface area contributed by atoms with Crippen LogP contribution < -0.4 is 0 Å². The first kappa shape index (κ1) is 12.2. The Balaban J connectivity index is 2.25. The lowest BCUT2D eigenvalue weighted by Gasteiger charge is -2.13. The monoisotopic (exact) mass is 248 g/mol. The predicted molar refractivity (Wildman–Crippen MR) is 83.4 cm³/mol. The molecule has 0 heteroatoms. The molecule has 0 spiro atoms. The number of aryl methyl sites for hydroxylation is 3. The number of allylic oxidation sites excluding steroid dienone is 1. The maximum absolute atomic E-state index is 2.36. The molecule has 0 fully saturated rings. The van der Waals surface area contributed by atoms with Gasteiger partial charge in [0.1, 0.15) is 0 Å². The van der Waals surface area contributed by atoms with E-state index in [9.17, 15) is 0 Å². The van der Waals surface area contributed by atoms with Gasteiger partial charge < -0.3 is 0 Å². The topological polar surface area (TPSA) is 0 Å². The van der Waals surface area contributed by atoms with Crippen molar-refractivity contribution in [1.29, 1.82) is 0 Å². The lowest BCUT2D eigenvalue weighted by molar-refractivity contribution is 1.16. The molecule has 2 aromatic rings. The molecule has 0 N–H and O–H groups in total. The Bertz CT molecular complexity index is 687. The molecule has 0 bridgehead atoms. The zero-order valence-corrected chi connectivity index (χ0v) is 12.2. The van der Waals surface area contributed by atoms with E-state index in [0.29, 0.717) is 0 Å². The van der Waals surface area contributed by atoms with Crippen LogP contribution in [-0.4, -0.2) is 0 Å². The van der Waals surface area contributed by atoms with Crippen LogP contribution in [0.25, 0.3) is 17.2 Å². The van der Waals surface area contributed by atoms with Gasteiger partial charge in [0.05, 0.1) is 0 Å². The third-order valence-corrected chi connectivity index (χ3v) is 4.11. The summed E-state index contributed by atoms with van der Waals surface area (Å²) in [6.45, 7) is 8.81. The largest absolute Gasteiger partial charge is 0.0683 e. The lowest BCUT2D eigenvalue weighted by atomic mass is 9.91. The van der Waals surface area contributed by atoms with Crippen LogP contribution >= 0.6 is 0 Å². The Morgan fingerprint density at radius 3 is 2.26 bits per heavy atom. The van der Waals surface area contributed by atoms with Gasteiger partial charge in [-0.05, 0) is 67.5 Å². The minimum absolute atomic E-state index is 1.11. The van der Waals surface area contributed by atoms with Crippen molar-refractivity contribution in [2.24, 2.45) is 0 Å². The molecular weight excluding hydrogens is 228 g/mol. The average Bonchev–Trinajstić information content (AvgIpc) is 2.73. The number of fused-ring (bicyclic) bond motifs is 1. The third kappa shape index (κ3) is 2.02. The fourth-order valence-corrected chi connectivity index (χ4v) is 3.10. The maximum Gasteiger partial charge on any atom is -0.00577 e. The minimum atomic E-state index is 1.11. The van der Waals surface area contributed by atoms with E-state index in [2.05, 4.69) is 64.1 Å². The molecule has 0 aliphatic heterocycles. The van der Waals surface area contributed by atoms with E-state index < -0.39 is 0 Å². The van der Waals surface area contributed by atoms with Crippen LogP contribution in [0.4, 0.5) is 0 Å². The molecule has 0 saturated heterocycles. The number of hydrogen-bond acceptors (Lipinski definition) is 0. The Labute approximate surface area is 115 Å². The molecule has 2 aromatic carbocycles. The van der Waals surface area contributed by atoms with Crippen molar-refractivity contribution in [3.63, 3.8) is 0 Å². The van der Waals surface area contributed by atoms with Gasteiger partial charge in [0.25, 0.3) is 0 Å². The SMILES string of the molecule is CC1=Cc2c(-c3ccc(C)cc3C)ccc(C)c2C1. The second kappa shape index (κ2) is 4.38. The van der Waals surface area contributed by atoms with E-state index >= 15 is 0 Å². The van der Waals surface area contributed by atoms with Crippen molar-refractivity contribution >= 4 is 6.08 Å². The van der Waals surface area contributed by atoms with E-state index in [1.165, 1.54) is 44.5 Å². The molecule has 3 rings (SSSR count). The number of benzene rings is 2. The highest BCUT2D eigenvalue weighted by atomic mass is 14.2. The van der Waals surface area contributed by atoms with Gasteiger partial charge in [-0.1, -0.05) is 47.5 Å². The summed E-state index contributed by atoms with van der Waals surface area (Å²) >= 11 is 0. The molecule has 0 amide bonds. The number of hydrogen-bond donors (Lipinski definition) is 0. The van der Waals surface area contributed by atoms with E-state index in [4.69, 9.17) is 0 Å². The van der Waals surface area contributed by atoms with Crippen molar-refractivity contribution in [3.8, 4) is 11.1 Å². The summed E-state index contributed by atoms with van der Waals surface area (Å²) in [6.07, 6.45) is 3.47. The zero-order valence-electron chi connectivity index (χ0n) is 12.2. The van der Waals surface area contributed by atoms with Crippen LogP contribution in [0.5, 0.6) is 0 Å². The summed E-state index contributed by atoms with van der Waals surface area (Å²) < 4.78 is 0. The van der Waals surface area contributed by atoms with Gasteiger partial charge in [-0.25, -0.2) is 0 Å². The highest BCUT2D eigenvalue weighted by Gasteiger charge is 2.17. The van der Waals surface area contributed by atoms with Gasteiger partial charge in [0, 0.05) is 0 Å². The van der Waals surface area contributed by atoms with Crippen LogP contribution in [0.3, 0.4) is 0 Å². The van der Waals surface area contributed by atoms with Crippen LogP contribution in [0.1, 0.15) is 34.7 Å². The molecule has 0 atom stereocenters. The Morgan fingerprint density at radius 1 is 0.789 bits per heavy atom. The summed E-state index contributed by atoms with van der Waals surface area (Å²) in [6, 6.07) is 11.3. The van der Waals surface area contributed by atoms with Gasteiger partial charge in [0.2, 0.25) is 0 Å². The third-order valence-electron chi connectivity index (χ3n) is 4.11. The molecule has 0 heterocycles. The van der Waals surface area contributed by atoms with E-state index in [0.717, 1.165) is 6.42 Å². The molecular formula is C19H20. The first-order valence-corrected chi connectivity index (χ1v) is 6.93. The molecule has 1 aliphatic carbocycles. The Hall–Kier alpha value is -1.82. The minimum Gasteiger partial charge on any atom is -0.0683 e. The summed E-state index contributed by atoms with van der Waals surface area (Å²) in [7, 11) is 0. The van der Waals surface area contributed by atoms with Crippen LogP contribution in [0.2, 0.25) is 0 Å². The van der Waals surface area contributed by atoms with E-state index in [-0.39, 0.29) is 0 Å². The molecule has 0 aromatic heterocycles. The summed E-state index contributed by atoms with van der Waals surface area (Å²) in [5.41, 5.74) is 11.3. The van der Waals surface area contributed by atoms with Gasteiger partial charge >= 0.3 is 0 Å². The molecule has 0 saturated carbocycles. The summed E-state index contributed by atoms with van der Waals surface area (Å²) in [4.78, 5) is 0. The second-order valence-corrected chi connectivity index (χ2v) is 5.81. The van der Waals surface area contributed by atoms with Gasteiger partial charge in [-0.3, -0.25) is 0 Å². The Morgan fingerprint density at radius 2 is 1.53 bits per heavy atom. The van der Waals surface area contributed by atoms with Crippen LogP contribution in [0, 0.1) is 20.8 Å². The molecule has 19 heavy (non-hydrogen) atoms. The van der Waals surface area contributed by atoms with Crippen molar-refractivity contribution in [2.45, 2.75) is 34.1 Å². The zero-order chi connectivity index (χ0) is 13.6. The molecule has 0 unspecified atom stereocenters. The standard InChI is InChI=1S/C19H20/c1-12-5-7-16(15(4)9-12)17-8-6-14(3)18-10-13(2)11-19(17)18/h5-9,11H,10H2,1-4H3. The lowest BCUT2D eigenvalue weighted by Crippen LogP contribution is -1.93. The fourth-order valence-electron chi connectivity index (χ4n) is 3.10. The Kier molecular flexibility index (Phi) is 2.82. The smallest absolute Gasteiger partial charge is 0.00577 e. The molecule has 1 aliphatic rings. The van der Waals surface area contributed by atoms with E-state index in [1.807, 2.05) is 0 Å². The van der Waals surface area contributed by atoms with Crippen LogP contribution in [0.15, 0.2) is 35.9 Å². The summed E-state index contributed by atoms with van der Waals surface area (Å²) in [5, 5.41) is 0. The van der Waals surface area contributed by atoms with Crippen LogP contribution in [-0.2, 0) is 6.42 Å². The number of rotatable bonds is 1. The van der Waals surface area contributed by atoms with Crippen molar-refractivity contribution in [1.82, 2.24) is 0 Å². The predicted octanol–water partition coefficient (Wildman–Crippen LogP) is 5.24. The normalized spacial score (nSPS) is 13.4. The van der Waals surface area contributed by atoms with E-state index in [1.54, 1.807) is 0 Å². The highest BCUT2D eigenvalue weighted by molar-refractivity contribution is 5.83. The summed E-state index contributed by atoms with van der Waals surface area (Å²) in [5.74, 6) is 0. The van der Waals surface area contributed by atoms with Gasteiger partial charge in [-0.2, -0.15) is 0 Å². The molecule has 0 nitrogen and oxygen atoms in total. The van der Waals surface area contributed by atoms with Crippen molar-refractivity contribution < 1.29 is 0 Å². The maximum atomic E-state index is 2.36. The average molecular weight is 248 g/mol. The second-order valence-electron chi connectivity index (χ2n) is 5.81. The van der Waals surface area contributed by atoms with Crippen molar-refractivity contribution in [3.05, 3.63) is 63.7 Å². The quantitative estimate of drug-likeness (QED) is 0.647. The molecule has 96 valence electrons. The first-order chi connectivity index (χ1) is 9.06. The van der Waals surface area contributed by atoms with Gasteiger partial charge in [-0.15, -0.1) is 0 Å². The highest BCUT2D eigenvalue weighted by Crippen LogP contribution is 2.37. The fraction of sp³-hybridized carbons (Fsp3) is 0.263. The molecule has 0 radical (unpaired) electrons. The van der Waals surface area contributed by atoms with Gasteiger partial charge in [0.15, 0.2) is 0 Å². The first-order valence-electron chi connectivity index (χ1n) is 6.93.